The van der Waals surface area contributed by atoms with Crippen molar-refractivity contribution in [1.82, 2.24) is 9.62 Å². The van der Waals surface area contributed by atoms with E-state index in [1.807, 2.05) is 20.8 Å². The number of piperidine rings is 1. The van der Waals surface area contributed by atoms with Crippen LogP contribution in [0.1, 0.15) is 40.0 Å². The van der Waals surface area contributed by atoms with Crippen LogP contribution < -0.4 is 4.72 Å². The Morgan fingerprint density at radius 1 is 1.42 bits per heavy atom. The van der Waals surface area contributed by atoms with Crippen molar-refractivity contribution in [3.63, 3.8) is 0 Å². The Bertz CT molecular complexity index is 682. The zero-order chi connectivity index (χ0) is 18.0. The topological polar surface area (TPSA) is 75.7 Å². The fourth-order valence-corrected chi connectivity index (χ4v) is 5.62. The quantitative estimate of drug-likeness (QED) is 0.778. The van der Waals surface area contributed by atoms with Crippen molar-refractivity contribution in [1.29, 1.82) is 0 Å². The molecule has 1 atom stereocenters. The Kier molecular flexibility index (Phi) is 6.33. The molecule has 1 aromatic heterocycles. The lowest BCUT2D eigenvalue weighted by Gasteiger charge is -2.36. The van der Waals surface area contributed by atoms with Crippen LogP contribution in [-0.4, -0.2) is 44.1 Å². The molecule has 24 heavy (non-hydrogen) atoms. The molecule has 0 aliphatic carbocycles. The van der Waals surface area contributed by atoms with Crippen molar-refractivity contribution in [2.45, 2.75) is 55.9 Å². The number of rotatable bonds is 4. The first kappa shape index (κ1) is 19.7. The normalized spacial score (nSPS) is 19.3. The lowest BCUT2D eigenvalue weighted by atomic mass is 10.0. The van der Waals surface area contributed by atoms with Crippen LogP contribution in [0.25, 0.3) is 0 Å². The summed E-state index contributed by atoms with van der Waals surface area (Å²) in [5, 5.41) is 0. The SMILES string of the molecule is CC(C)(C)OC(=O)N1CCCC[C@@H]1CNS(=O)(=O)c1ccc(Br)s1. The fraction of sp³-hybridized carbons (Fsp3) is 0.667. The Morgan fingerprint density at radius 2 is 2.12 bits per heavy atom. The molecule has 1 amide bonds. The molecule has 9 heteroatoms. The van der Waals surface area contributed by atoms with Crippen molar-refractivity contribution >= 4 is 43.4 Å². The van der Waals surface area contributed by atoms with E-state index in [4.69, 9.17) is 4.74 Å². The molecule has 1 N–H and O–H groups in total. The molecular weight excluding hydrogens is 416 g/mol. The number of amides is 1. The van der Waals surface area contributed by atoms with E-state index in [9.17, 15) is 13.2 Å². The number of nitrogens with zero attached hydrogens (tertiary/aromatic N) is 1. The number of halogens is 1. The van der Waals surface area contributed by atoms with Crippen LogP contribution in [0.2, 0.25) is 0 Å². The highest BCUT2D eigenvalue weighted by atomic mass is 79.9. The summed E-state index contributed by atoms with van der Waals surface area (Å²) in [4.78, 5) is 14.0. The molecule has 2 rings (SSSR count). The molecule has 1 aliphatic rings. The average molecular weight is 439 g/mol. The van der Waals surface area contributed by atoms with Crippen molar-refractivity contribution in [3.05, 3.63) is 15.9 Å². The van der Waals surface area contributed by atoms with Gasteiger partial charge in [-0.3, -0.25) is 0 Å². The van der Waals surface area contributed by atoms with Crippen molar-refractivity contribution in [3.8, 4) is 0 Å². The minimum Gasteiger partial charge on any atom is -0.444 e. The number of nitrogens with one attached hydrogen (secondary N) is 1. The Labute approximate surface area is 155 Å². The summed E-state index contributed by atoms with van der Waals surface area (Å²) in [6.07, 6.45) is 2.25. The minimum absolute atomic E-state index is 0.188. The van der Waals surface area contributed by atoms with Gasteiger partial charge < -0.3 is 9.64 Å². The molecule has 0 bridgehead atoms. The smallest absolute Gasteiger partial charge is 0.410 e. The average Bonchev–Trinajstić information content (AvgIpc) is 2.91. The van der Waals surface area contributed by atoms with Gasteiger partial charge in [0.2, 0.25) is 10.0 Å². The molecule has 0 radical (unpaired) electrons. The number of likely N-dealkylation sites (tertiary alicyclic amines) is 1. The van der Waals surface area contributed by atoms with E-state index in [-0.39, 0.29) is 22.9 Å². The van der Waals surface area contributed by atoms with E-state index in [2.05, 4.69) is 20.7 Å². The number of hydrogen-bond donors (Lipinski definition) is 1. The summed E-state index contributed by atoms with van der Waals surface area (Å²) in [6.45, 7) is 6.24. The van der Waals surface area contributed by atoms with Crippen LogP contribution >= 0.6 is 27.3 Å². The van der Waals surface area contributed by atoms with Crippen molar-refractivity contribution in [2.24, 2.45) is 0 Å². The van der Waals surface area contributed by atoms with Gasteiger partial charge in [0.15, 0.2) is 0 Å². The summed E-state index contributed by atoms with van der Waals surface area (Å²) in [5.41, 5.74) is -0.568. The maximum absolute atomic E-state index is 12.3. The van der Waals surface area contributed by atoms with E-state index in [0.29, 0.717) is 6.54 Å². The number of hydrogen-bond acceptors (Lipinski definition) is 5. The van der Waals surface area contributed by atoms with Gasteiger partial charge in [0, 0.05) is 19.1 Å². The number of thiophene rings is 1. The molecule has 1 saturated heterocycles. The van der Waals surface area contributed by atoms with E-state index in [1.165, 1.54) is 0 Å². The van der Waals surface area contributed by atoms with Crippen LogP contribution in [0.15, 0.2) is 20.1 Å². The van der Waals surface area contributed by atoms with Gasteiger partial charge in [-0.05, 0) is 68.1 Å². The lowest BCUT2D eigenvalue weighted by Crippen LogP contribution is -2.50. The van der Waals surface area contributed by atoms with Crippen LogP contribution in [-0.2, 0) is 14.8 Å². The van der Waals surface area contributed by atoms with Crippen LogP contribution in [0.5, 0.6) is 0 Å². The Morgan fingerprint density at radius 3 is 2.71 bits per heavy atom. The molecule has 0 saturated carbocycles. The van der Waals surface area contributed by atoms with E-state index in [0.717, 1.165) is 34.4 Å². The third-order valence-electron chi connectivity index (χ3n) is 3.58. The molecule has 1 aliphatic heterocycles. The van der Waals surface area contributed by atoms with Crippen LogP contribution in [0, 0.1) is 0 Å². The molecule has 0 spiro atoms. The molecule has 136 valence electrons. The maximum atomic E-state index is 12.3. The van der Waals surface area contributed by atoms with Crippen molar-refractivity contribution < 1.29 is 17.9 Å². The zero-order valence-corrected chi connectivity index (χ0v) is 17.3. The summed E-state index contributed by atoms with van der Waals surface area (Å²) in [6, 6.07) is 3.07. The predicted molar refractivity (Wildman–Crippen MR) is 97.8 cm³/mol. The highest BCUT2D eigenvalue weighted by molar-refractivity contribution is 9.11. The second-order valence-corrected chi connectivity index (χ2v) is 11.2. The van der Waals surface area contributed by atoms with Gasteiger partial charge in [0.1, 0.15) is 9.81 Å². The summed E-state index contributed by atoms with van der Waals surface area (Å²) >= 11 is 4.42. The molecule has 0 unspecified atom stereocenters. The summed E-state index contributed by atoms with van der Waals surface area (Å²) in [7, 11) is -3.56. The second-order valence-electron chi connectivity index (χ2n) is 6.73. The molecule has 6 nitrogen and oxygen atoms in total. The largest absolute Gasteiger partial charge is 0.444 e. The summed E-state index contributed by atoms with van der Waals surface area (Å²) in [5.74, 6) is 0. The molecule has 1 aromatic rings. The minimum atomic E-state index is -3.56. The number of carbonyl (C=O) groups is 1. The third-order valence-corrected chi connectivity index (χ3v) is 7.12. The molecular formula is C15H23BrN2O4S2. The van der Waals surface area contributed by atoms with Crippen LogP contribution in [0.3, 0.4) is 0 Å². The fourth-order valence-electron chi connectivity index (χ4n) is 2.49. The van der Waals surface area contributed by atoms with E-state index < -0.39 is 15.6 Å². The lowest BCUT2D eigenvalue weighted by molar-refractivity contribution is 0.0105. The molecule has 0 aromatic carbocycles. The highest BCUT2D eigenvalue weighted by Crippen LogP contribution is 2.26. The zero-order valence-electron chi connectivity index (χ0n) is 14.0. The Hall–Kier alpha value is -0.640. The van der Waals surface area contributed by atoms with Gasteiger partial charge in [0.25, 0.3) is 0 Å². The molecule has 2 heterocycles. The van der Waals surface area contributed by atoms with E-state index >= 15 is 0 Å². The van der Waals surface area contributed by atoms with Gasteiger partial charge in [0.05, 0.1) is 3.79 Å². The first-order valence-corrected chi connectivity index (χ1v) is 10.9. The first-order valence-electron chi connectivity index (χ1n) is 7.83. The van der Waals surface area contributed by atoms with E-state index in [1.54, 1.807) is 17.0 Å². The van der Waals surface area contributed by atoms with Crippen molar-refractivity contribution in [2.75, 3.05) is 13.1 Å². The monoisotopic (exact) mass is 438 g/mol. The van der Waals surface area contributed by atoms with Crippen LogP contribution in [0.4, 0.5) is 4.79 Å². The molecule has 1 fully saturated rings. The Balaban J connectivity index is 2.02. The van der Waals surface area contributed by atoms with Gasteiger partial charge >= 0.3 is 6.09 Å². The second kappa shape index (κ2) is 7.72. The van der Waals surface area contributed by atoms with Gasteiger partial charge in [-0.2, -0.15) is 0 Å². The number of ether oxygens (including phenoxy) is 1. The van der Waals surface area contributed by atoms with Gasteiger partial charge in [-0.25, -0.2) is 17.9 Å². The maximum Gasteiger partial charge on any atom is 0.410 e. The van der Waals surface area contributed by atoms with Gasteiger partial charge in [-0.15, -0.1) is 11.3 Å². The predicted octanol–water partition coefficient (Wildman–Crippen LogP) is 3.58. The standard InChI is InChI=1S/C15H23BrN2O4S2/c1-15(2,3)22-14(19)18-9-5-4-6-11(18)10-17-24(20,21)13-8-7-12(16)23-13/h7-8,11,17H,4-6,9-10H2,1-3H3/t11-/m1/s1. The first-order chi connectivity index (χ1) is 11.1. The number of carbonyl (C=O) groups excluding carboxylic acids is 1. The third kappa shape index (κ3) is 5.44. The highest BCUT2D eigenvalue weighted by Gasteiger charge is 2.31. The van der Waals surface area contributed by atoms with Gasteiger partial charge in [-0.1, -0.05) is 0 Å². The number of sulfonamides is 1. The summed E-state index contributed by atoms with van der Waals surface area (Å²) < 4.78 is 33.7.